The van der Waals surface area contributed by atoms with Crippen LogP contribution >= 0.6 is 11.6 Å². The van der Waals surface area contributed by atoms with E-state index in [0.29, 0.717) is 51.2 Å². The average Bonchev–Trinajstić information content (AvgIpc) is 3.33. The highest BCUT2D eigenvalue weighted by atomic mass is 35.5. The lowest BCUT2D eigenvalue weighted by atomic mass is 9.76. The van der Waals surface area contributed by atoms with Gasteiger partial charge in [0.05, 0.1) is 28.9 Å². The number of anilines is 2. The molecule has 0 saturated carbocycles. The van der Waals surface area contributed by atoms with Crippen LogP contribution in [0.3, 0.4) is 0 Å². The molecule has 4 heterocycles. The van der Waals surface area contributed by atoms with E-state index < -0.39 is 48.0 Å². The zero-order valence-corrected chi connectivity index (χ0v) is 31.6. The summed E-state index contributed by atoms with van der Waals surface area (Å²) < 4.78 is 47.7. The Hall–Kier alpha value is -4.30. The number of hydrogen-bond donors (Lipinski definition) is 2. The molecule has 0 aromatic heterocycles. The Morgan fingerprint density at radius 3 is 2.44 bits per heavy atom. The maximum absolute atomic E-state index is 14.4. The van der Waals surface area contributed by atoms with Crippen LogP contribution in [-0.4, -0.2) is 108 Å². The number of piperidine rings is 3. The van der Waals surface area contributed by atoms with Gasteiger partial charge in [-0.2, -0.15) is 18.2 Å². The second-order valence-corrected chi connectivity index (χ2v) is 15.1. The Labute approximate surface area is 323 Å². The van der Waals surface area contributed by atoms with Gasteiger partial charge in [0.1, 0.15) is 5.94 Å². The smallest absolute Gasteiger partial charge is 0.418 e. The van der Waals surface area contributed by atoms with Crippen molar-refractivity contribution >= 4 is 46.9 Å². The number of nitrogens with zero attached hydrogens (tertiary/aromatic N) is 4. The number of rotatable bonds is 9. The van der Waals surface area contributed by atoms with Crippen molar-refractivity contribution in [3.63, 3.8) is 0 Å². The summed E-state index contributed by atoms with van der Waals surface area (Å²) in [5.41, 5.74) is 5.69. The number of ether oxygens (including phenoxy) is 1. The maximum Gasteiger partial charge on any atom is 0.418 e. The predicted molar refractivity (Wildman–Crippen MR) is 200 cm³/mol. The van der Waals surface area contributed by atoms with Crippen LogP contribution in [0.2, 0.25) is 5.02 Å². The molecule has 6 rings (SSSR count). The number of nitrogens with one attached hydrogen (secondary N) is 1. The number of amides is 4. The van der Waals surface area contributed by atoms with Crippen LogP contribution in [0.1, 0.15) is 62.1 Å². The SMILES string of the molecule is CCON1CCC(C2CCN(C(=O)[C@@H](Cc3cc(Cl)c(N)c(C(F)(F)F)c3)OC(=O)N3CCC(N4CCc5ccccc5NC4=O)CC3)C(C=C=O)C2)CC1. The summed E-state index contributed by atoms with van der Waals surface area (Å²) in [5, 5.41) is 4.59. The largest absolute Gasteiger partial charge is 0.436 e. The first-order chi connectivity index (χ1) is 26.4. The van der Waals surface area contributed by atoms with Crippen molar-refractivity contribution in [2.75, 3.05) is 56.9 Å². The molecule has 298 valence electrons. The summed E-state index contributed by atoms with van der Waals surface area (Å²) in [6.07, 6.45) is -1.73. The number of urea groups is 1. The van der Waals surface area contributed by atoms with Gasteiger partial charge < -0.3 is 30.5 Å². The van der Waals surface area contributed by atoms with Gasteiger partial charge in [-0.25, -0.2) is 14.4 Å². The third kappa shape index (κ3) is 9.57. The summed E-state index contributed by atoms with van der Waals surface area (Å²) >= 11 is 6.14. The number of hydrogen-bond acceptors (Lipinski definition) is 8. The Morgan fingerprint density at radius 2 is 1.75 bits per heavy atom. The highest BCUT2D eigenvalue weighted by Crippen LogP contribution is 2.39. The van der Waals surface area contributed by atoms with Gasteiger partial charge in [-0.3, -0.25) is 9.63 Å². The summed E-state index contributed by atoms with van der Waals surface area (Å²) in [7, 11) is 0. The van der Waals surface area contributed by atoms with E-state index >= 15 is 0 Å². The van der Waals surface area contributed by atoms with E-state index in [-0.39, 0.29) is 48.2 Å². The van der Waals surface area contributed by atoms with E-state index in [1.54, 1.807) is 4.90 Å². The number of carbonyl (C=O) groups is 3. The summed E-state index contributed by atoms with van der Waals surface area (Å²) in [6.45, 7) is 5.34. The van der Waals surface area contributed by atoms with Crippen molar-refractivity contribution in [3.05, 3.63) is 64.2 Å². The highest BCUT2D eigenvalue weighted by molar-refractivity contribution is 6.33. The van der Waals surface area contributed by atoms with E-state index in [9.17, 15) is 32.3 Å². The van der Waals surface area contributed by atoms with Crippen molar-refractivity contribution in [2.24, 2.45) is 11.8 Å². The van der Waals surface area contributed by atoms with Crippen molar-refractivity contribution in [3.8, 4) is 0 Å². The van der Waals surface area contributed by atoms with E-state index in [1.165, 1.54) is 21.9 Å². The number of carbonyl (C=O) groups excluding carboxylic acids is 4. The first-order valence-electron chi connectivity index (χ1n) is 19.0. The quantitative estimate of drug-likeness (QED) is 0.227. The van der Waals surface area contributed by atoms with Gasteiger partial charge >= 0.3 is 18.3 Å². The summed E-state index contributed by atoms with van der Waals surface area (Å²) in [5.74, 6) is 1.78. The van der Waals surface area contributed by atoms with Crippen LogP contribution in [-0.2, 0) is 38.2 Å². The zero-order chi connectivity index (χ0) is 39.3. The van der Waals surface area contributed by atoms with Crippen LogP contribution in [0.15, 0.2) is 42.5 Å². The second kappa shape index (κ2) is 17.7. The minimum atomic E-state index is -4.82. The number of para-hydroxylation sites is 1. The third-order valence-electron chi connectivity index (χ3n) is 11.4. The van der Waals surface area contributed by atoms with E-state index in [2.05, 4.69) is 5.32 Å². The van der Waals surface area contributed by atoms with Gasteiger partial charge in [-0.1, -0.05) is 29.8 Å². The van der Waals surface area contributed by atoms with Crippen LogP contribution in [0, 0.1) is 11.8 Å². The molecule has 4 aliphatic heterocycles. The van der Waals surface area contributed by atoms with Gasteiger partial charge in [0.2, 0.25) is 0 Å². The Kier molecular flexibility index (Phi) is 13.0. The minimum Gasteiger partial charge on any atom is -0.436 e. The summed E-state index contributed by atoms with van der Waals surface area (Å²) in [6, 6.07) is 8.69. The molecule has 4 aliphatic rings. The highest BCUT2D eigenvalue weighted by Gasteiger charge is 2.41. The van der Waals surface area contributed by atoms with Gasteiger partial charge in [-0.05, 0) is 93.0 Å². The molecule has 55 heavy (non-hydrogen) atoms. The van der Waals surface area contributed by atoms with E-state index in [0.717, 1.165) is 43.2 Å². The number of nitrogens with two attached hydrogens (primary N) is 1. The Bertz CT molecular complexity index is 1760. The fourth-order valence-electron chi connectivity index (χ4n) is 8.52. The van der Waals surface area contributed by atoms with Gasteiger partial charge in [0, 0.05) is 63.5 Å². The standard InChI is InChI=1S/C39H48ClF3N6O6/c1-2-54-47-16-7-26(8-17-47)28-10-18-48(30(24-28)13-20-50)36(51)34(23-25-21-31(39(41,42)43)35(44)32(40)22-25)55-38(53)46-14-11-29(12-15-46)49-19-9-27-5-3-4-6-33(27)45-37(49)52/h3-6,13,21-22,26,28-30,34H,2,7-12,14-19,23-24,44H2,1H3,(H,45,52)/t28?,30?,34-/m1/s1. The predicted octanol–water partition coefficient (Wildman–Crippen LogP) is 6.20. The zero-order valence-electron chi connectivity index (χ0n) is 30.9. The van der Waals surface area contributed by atoms with Gasteiger partial charge in [0.15, 0.2) is 6.10 Å². The number of benzene rings is 2. The molecule has 16 heteroatoms. The van der Waals surface area contributed by atoms with Crippen molar-refractivity contribution < 1.29 is 41.9 Å². The molecule has 12 nitrogen and oxygen atoms in total. The monoisotopic (exact) mass is 788 g/mol. The van der Waals surface area contributed by atoms with Crippen molar-refractivity contribution in [1.29, 1.82) is 0 Å². The van der Waals surface area contributed by atoms with E-state index in [4.69, 9.17) is 26.9 Å². The topological polar surface area (TPSA) is 138 Å². The molecule has 3 N–H and O–H groups in total. The molecular weight excluding hydrogens is 741 g/mol. The van der Waals surface area contributed by atoms with Gasteiger partial charge in [-0.15, -0.1) is 0 Å². The number of nitrogen functional groups attached to an aromatic ring is 1. The Balaban J connectivity index is 1.16. The lowest BCUT2D eigenvalue weighted by Crippen LogP contribution is -2.53. The second-order valence-electron chi connectivity index (χ2n) is 14.7. The number of alkyl halides is 3. The molecule has 0 aliphatic carbocycles. The fourth-order valence-corrected chi connectivity index (χ4v) is 8.76. The molecular formula is C39H48ClF3N6O6. The fraction of sp³-hybridized carbons (Fsp3) is 0.564. The number of hydroxylamine groups is 2. The third-order valence-corrected chi connectivity index (χ3v) is 11.8. The summed E-state index contributed by atoms with van der Waals surface area (Å²) in [4.78, 5) is 63.4. The van der Waals surface area contributed by atoms with Crippen LogP contribution < -0.4 is 11.1 Å². The lowest BCUT2D eigenvalue weighted by molar-refractivity contribution is -0.173. The average molecular weight is 789 g/mol. The molecule has 4 amide bonds. The lowest BCUT2D eigenvalue weighted by Gasteiger charge is -2.43. The molecule has 2 aromatic rings. The van der Waals surface area contributed by atoms with Crippen LogP contribution in [0.25, 0.3) is 0 Å². The normalized spacial score (nSPS) is 22.3. The van der Waals surface area contributed by atoms with E-state index in [1.807, 2.05) is 42.2 Å². The minimum absolute atomic E-state index is 0.00276. The molecule has 3 fully saturated rings. The first kappa shape index (κ1) is 40.4. The molecule has 3 saturated heterocycles. The van der Waals surface area contributed by atoms with Crippen LogP contribution in [0.5, 0.6) is 0 Å². The van der Waals surface area contributed by atoms with Crippen molar-refractivity contribution in [1.82, 2.24) is 19.8 Å². The molecule has 2 aromatic carbocycles. The molecule has 0 radical (unpaired) electrons. The molecule has 2 unspecified atom stereocenters. The number of fused-ring (bicyclic) bond motifs is 1. The molecule has 3 atom stereocenters. The number of likely N-dealkylation sites (tertiary alicyclic amines) is 2. The first-order valence-corrected chi connectivity index (χ1v) is 19.4. The Morgan fingerprint density at radius 1 is 1.04 bits per heavy atom. The molecule has 0 spiro atoms. The van der Waals surface area contributed by atoms with Crippen molar-refractivity contribution in [2.45, 2.75) is 82.7 Å². The molecule has 0 bridgehead atoms. The van der Waals surface area contributed by atoms with Gasteiger partial charge in [0.25, 0.3) is 5.91 Å². The maximum atomic E-state index is 14.4. The van der Waals surface area contributed by atoms with Crippen LogP contribution in [0.4, 0.5) is 34.1 Å². The number of halogens is 4.